The molecule has 0 saturated heterocycles. The lowest BCUT2D eigenvalue weighted by Gasteiger charge is -2.21. The van der Waals surface area contributed by atoms with Crippen molar-refractivity contribution < 1.29 is 9.47 Å². The SMILES string of the molecule is COc1ccc(C[C@@H](C)N[C@H](C)c2ccccc2)cc1OC. The topological polar surface area (TPSA) is 30.5 Å². The van der Waals surface area contributed by atoms with Gasteiger partial charge in [-0.3, -0.25) is 0 Å². The molecule has 0 heterocycles. The Morgan fingerprint density at radius 1 is 0.909 bits per heavy atom. The summed E-state index contributed by atoms with van der Waals surface area (Å²) in [5.41, 5.74) is 2.54. The normalized spacial score (nSPS) is 13.5. The van der Waals surface area contributed by atoms with E-state index in [2.05, 4.69) is 49.5 Å². The molecular formula is C19H25NO2. The van der Waals surface area contributed by atoms with Crippen molar-refractivity contribution in [3.05, 3.63) is 59.7 Å². The van der Waals surface area contributed by atoms with Crippen molar-refractivity contribution in [2.24, 2.45) is 0 Å². The van der Waals surface area contributed by atoms with E-state index in [1.54, 1.807) is 14.2 Å². The molecule has 2 aromatic carbocycles. The fourth-order valence-electron chi connectivity index (χ4n) is 2.68. The van der Waals surface area contributed by atoms with Gasteiger partial charge in [0.05, 0.1) is 14.2 Å². The lowest BCUT2D eigenvalue weighted by atomic mass is 10.0. The van der Waals surface area contributed by atoms with Crippen LogP contribution in [-0.4, -0.2) is 20.3 Å². The first-order valence-electron chi connectivity index (χ1n) is 7.66. The van der Waals surface area contributed by atoms with Gasteiger partial charge in [0.2, 0.25) is 0 Å². The van der Waals surface area contributed by atoms with Gasteiger partial charge in [-0.1, -0.05) is 36.4 Å². The minimum absolute atomic E-state index is 0.330. The van der Waals surface area contributed by atoms with Gasteiger partial charge in [-0.25, -0.2) is 0 Å². The average Bonchev–Trinajstić information content (AvgIpc) is 2.55. The van der Waals surface area contributed by atoms with E-state index in [0.717, 1.165) is 17.9 Å². The molecule has 0 aliphatic carbocycles. The number of nitrogens with one attached hydrogen (secondary N) is 1. The van der Waals surface area contributed by atoms with E-state index in [1.165, 1.54) is 11.1 Å². The predicted octanol–water partition coefficient (Wildman–Crippen LogP) is 3.99. The van der Waals surface area contributed by atoms with Gasteiger partial charge in [-0.05, 0) is 43.5 Å². The Kier molecular flexibility index (Phi) is 5.84. The van der Waals surface area contributed by atoms with Crippen LogP contribution in [0.15, 0.2) is 48.5 Å². The molecule has 2 atom stereocenters. The summed E-state index contributed by atoms with van der Waals surface area (Å²) in [5, 5.41) is 3.64. The molecule has 0 aliphatic rings. The van der Waals surface area contributed by atoms with Crippen molar-refractivity contribution in [2.45, 2.75) is 32.4 Å². The van der Waals surface area contributed by atoms with E-state index in [-0.39, 0.29) is 0 Å². The van der Waals surface area contributed by atoms with Crippen LogP contribution < -0.4 is 14.8 Å². The highest BCUT2D eigenvalue weighted by atomic mass is 16.5. The van der Waals surface area contributed by atoms with Crippen LogP contribution in [0.3, 0.4) is 0 Å². The Bertz CT molecular complexity index is 583. The summed E-state index contributed by atoms with van der Waals surface area (Å²) < 4.78 is 10.6. The fraction of sp³-hybridized carbons (Fsp3) is 0.368. The molecule has 0 saturated carbocycles. The first kappa shape index (κ1) is 16.4. The molecule has 0 radical (unpaired) electrons. The lowest BCUT2D eigenvalue weighted by Crippen LogP contribution is -2.30. The summed E-state index contributed by atoms with van der Waals surface area (Å²) in [4.78, 5) is 0. The smallest absolute Gasteiger partial charge is 0.160 e. The number of methoxy groups -OCH3 is 2. The van der Waals surface area contributed by atoms with Crippen molar-refractivity contribution in [3.8, 4) is 11.5 Å². The fourth-order valence-corrected chi connectivity index (χ4v) is 2.68. The van der Waals surface area contributed by atoms with Crippen molar-refractivity contribution in [1.82, 2.24) is 5.32 Å². The van der Waals surface area contributed by atoms with Gasteiger partial charge < -0.3 is 14.8 Å². The molecule has 1 N–H and O–H groups in total. The van der Waals surface area contributed by atoms with Crippen LogP contribution in [0.25, 0.3) is 0 Å². The summed E-state index contributed by atoms with van der Waals surface area (Å²) in [6.45, 7) is 4.40. The van der Waals surface area contributed by atoms with E-state index in [1.807, 2.05) is 18.2 Å². The van der Waals surface area contributed by atoms with Gasteiger partial charge in [0.15, 0.2) is 11.5 Å². The second kappa shape index (κ2) is 7.85. The maximum atomic E-state index is 5.36. The largest absolute Gasteiger partial charge is 0.493 e. The highest BCUT2D eigenvalue weighted by Crippen LogP contribution is 2.28. The summed E-state index contributed by atoms with van der Waals surface area (Å²) in [7, 11) is 3.32. The number of hydrogen-bond acceptors (Lipinski definition) is 3. The van der Waals surface area contributed by atoms with Crippen molar-refractivity contribution >= 4 is 0 Å². The molecule has 118 valence electrons. The average molecular weight is 299 g/mol. The third-order valence-electron chi connectivity index (χ3n) is 3.82. The Morgan fingerprint density at radius 2 is 1.59 bits per heavy atom. The standard InChI is InChI=1S/C19H25NO2/c1-14(20-15(2)17-8-6-5-7-9-17)12-16-10-11-18(21-3)19(13-16)22-4/h5-11,13-15,20H,12H2,1-4H3/t14-,15-/m1/s1. The molecule has 0 fully saturated rings. The Morgan fingerprint density at radius 3 is 2.23 bits per heavy atom. The van der Waals surface area contributed by atoms with E-state index < -0.39 is 0 Å². The number of hydrogen-bond donors (Lipinski definition) is 1. The molecule has 2 rings (SSSR count). The highest BCUT2D eigenvalue weighted by Gasteiger charge is 2.11. The van der Waals surface area contributed by atoms with Gasteiger partial charge in [-0.15, -0.1) is 0 Å². The summed E-state index contributed by atoms with van der Waals surface area (Å²) in [5.74, 6) is 1.55. The third-order valence-corrected chi connectivity index (χ3v) is 3.82. The van der Waals surface area contributed by atoms with Crippen LogP contribution in [0.5, 0.6) is 11.5 Å². The van der Waals surface area contributed by atoms with Gasteiger partial charge in [-0.2, -0.15) is 0 Å². The van der Waals surface area contributed by atoms with Gasteiger partial charge in [0, 0.05) is 12.1 Å². The van der Waals surface area contributed by atoms with Crippen LogP contribution in [0, 0.1) is 0 Å². The zero-order valence-electron chi connectivity index (χ0n) is 13.8. The van der Waals surface area contributed by atoms with Crippen molar-refractivity contribution in [3.63, 3.8) is 0 Å². The van der Waals surface area contributed by atoms with Crippen LogP contribution in [-0.2, 0) is 6.42 Å². The maximum absolute atomic E-state index is 5.36. The molecular weight excluding hydrogens is 274 g/mol. The van der Waals surface area contributed by atoms with E-state index in [9.17, 15) is 0 Å². The molecule has 3 heteroatoms. The quantitative estimate of drug-likeness (QED) is 0.838. The Hall–Kier alpha value is -2.00. The zero-order valence-corrected chi connectivity index (χ0v) is 13.8. The maximum Gasteiger partial charge on any atom is 0.160 e. The predicted molar refractivity (Wildman–Crippen MR) is 90.7 cm³/mol. The van der Waals surface area contributed by atoms with Gasteiger partial charge >= 0.3 is 0 Å². The summed E-state index contributed by atoms with van der Waals surface area (Å²) >= 11 is 0. The molecule has 0 bridgehead atoms. The molecule has 0 aliphatic heterocycles. The first-order valence-corrected chi connectivity index (χ1v) is 7.66. The second-order valence-electron chi connectivity index (χ2n) is 5.59. The number of benzene rings is 2. The van der Waals surface area contributed by atoms with Crippen molar-refractivity contribution in [2.75, 3.05) is 14.2 Å². The Labute approximate surface area is 133 Å². The molecule has 22 heavy (non-hydrogen) atoms. The van der Waals surface area contributed by atoms with E-state index in [0.29, 0.717) is 12.1 Å². The first-order chi connectivity index (χ1) is 10.6. The number of rotatable bonds is 7. The highest BCUT2D eigenvalue weighted by molar-refractivity contribution is 5.43. The summed E-state index contributed by atoms with van der Waals surface area (Å²) in [6, 6.07) is 17.3. The lowest BCUT2D eigenvalue weighted by molar-refractivity contribution is 0.354. The van der Waals surface area contributed by atoms with Crippen LogP contribution in [0.1, 0.15) is 31.0 Å². The monoisotopic (exact) mass is 299 g/mol. The second-order valence-corrected chi connectivity index (χ2v) is 5.59. The molecule has 3 nitrogen and oxygen atoms in total. The molecule has 0 aromatic heterocycles. The van der Waals surface area contributed by atoms with E-state index >= 15 is 0 Å². The van der Waals surface area contributed by atoms with Crippen LogP contribution in [0.4, 0.5) is 0 Å². The van der Waals surface area contributed by atoms with Crippen LogP contribution >= 0.6 is 0 Å². The van der Waals surface area contributed by atoms with Crippen LogP contribution in [0.2, 0.25) is 0 Å². The minimum Gasteiger partial charge on any atom is -0.493 e. The molecule has 0 spiro atoms. The zero-order chi connectivity index (χ0) is 15.9. The van der Waals surface area contributed by atoms with Gasteiger partial charge in [0.1, 0.15) is 0 Å². The summed E-state index contributed by atoms with van der Waals surface area (Å²) in [6.07, 6.45) is 0.942. The van der Waals surface area contributed by atoms with E-state index in [4.69, 9.17) is 9.47 Å². The minimum atomic E-state index is 0.330. The molecule has 0 amide bonds. The third kappa shape index (κ3) is 4.25. The van der Waals surface area contributed by atoms with Crippen molar-refractivity contribution in [1.29, 1.82) is 0 Å². The molecule has 0 unspecified atom stereocenters. The van der Waals surface area contributed by atoms with Gasteiger partial charge in [0.25, 0.3) is 0 Å². The Balaban J connectivity index is 1.98. The number of ether oxygens (including phenoxy) is 2. The molecule has 2 aromatic rings.